The lowest BCUT2D eigenvalue weighted by Gasteiger charge is -2.21. The van der Waals surface area contributed by atoms with Crippen LogP contribution in [0.4, 0.5) is 10.5 Å². The zero-order valence-corrected chi connectivity index (χ0v) is 17.5. The molecule has 0 fully saturated rings. The molecule has 0 atom stereocenters. The second-order valence-corrected chi connectivity index (χ2v) is 8.57. The number of hydrogen-bond acceptors (Lipinski definition) is 4. The maximum Gasteiger partial charge on any atom is 0.412 e. The second kappa shape index (κ2) is 10.6. The number of sulfonamides is 1. The highest BCUT2D eigenvalue weighted by Crippen LogP contribution is 2.22. The Hall–Kier alpha value is -3.17. The van der Waals surface area contributed by atoms with Crippen LogP contribution in [-0.4, -0.2) is 50.0 Å². The summed E-state index contributed by atoms with van der Waals surface area (Å²) in [6, 6.07) is 14.9. The van der Waals surface area contributed by atoms with E-state index in [9.17, 15) is 23.1 Å². The summed E-state index contributed by atoms with van der Waals surface area (Å²) in [6.07, 6.45) is 0.463. The third kappa shape index (κ3) is 6.16. The Kier molecular flexibility index (Phi) is 8.14. The van der Waals surface area contributed by atoms with Crippen LogP contribution in [0.1, 0.15) is 12.0 Å². The molecule has 2 N–H and O–H groups in total. The van der Waals surface area contributed by atoms with E-state index in [4.69, 9.17) is 0 Å². The largest absolute Gasteiger partial charge is 0.465 e. The molecule has 0 saturated heterocycles. The number of carboxylic acid groups (broad SMARTS) is 1. The van der Waals surface area contributed by atoms with E-state index in [1.165, 1.54) is 35.6 Å². The van der Waals surface area contributed by atoms with Crippen molar-refractivity contribution in [2.24, 2.45) is 0 Å². The molecule has 30 heavy (non-hydrogen) atoms. The van der Waals surface area contributed by atoms with Gasteiger partial charge in [-0.1, -0.05) is 36.9 Å². The van der Waals surface area contributed by atoms with Crippen LogP contribution in [-0.2, 0) is 21.4 Å². The molecule has 2 amide bonds. The van der Waals surface area contributed by atoms with Crippen LogP contribution in [0.25, 0.3) is 0 Å². The van der Waals surface area contributed by atoms with Gasteiger partial charge < -0.3 is 10.4 Å². The quantitative estimate of drug-likeness (QED) is 0.444. The zero-order valence-electron chi connectivity index (χ0n) is 16.7. The Bertz CT molecular complexity index is 975. The Labute approximate surface area is 176 Å². The highest BCUT2D eigenvalue weighted by atomic mass is 32.2. The van der Waals surface area contributed by atoms with Crippen LogP contribution < -0.4 is 10.2 Å². The van der Waals surface area contributed by atoms with Gasteiger partial charge in [0, 0.05) is 25.8 Å². The lowest BCUT2D eigenvalue weighted by Crippen LogP contribution is -2.31. The molecule has 0 aromatic heterocycles. The first-order valence-corrected chi connectivity index (χ1v) is 10.7. The highest BCUT2D eigenvalue weighted by molar-refractivity contribution is 7.89. The first kappa shape index (κ1) is 23.1. The van der Waals surface area contributed by atoms with Crippen molar-refractivity contribution in [1.29, 1.82) is 0 Å². The Morgan fingerprint density at radius 3 is 2.30 bits per heavy atom. The average molecular weight is 432 g/mol. The van der Waals surface area contributed by atoms with E-state index >= 15 is 0 Å². The highest BCUT2D eigenvalue weighted by Gasteiger charge is 2.22. The smallest absolute Gasteiger partial charge is 0.412 e. The number of anilines is 1. The monoisotopic (exact) mass is 431 g/mol. The summed E-state index contributed by atoms with van der Waals surface area (Å²) in [5, 5.41) is 12.1. The van der Waals surface area contributed by atoms with E-state index in [-0.39, 0.29) is 23.9 Å². The number of amides is 2. The molecular weight excluding hydrogens is 406 g/mol. The minimum atomic E-state index is -3.73. The van der Waals surface area contributed by atoms with Gasteiger partial charge in [0.15, 0.2) is 0 Å². The number of nitrogens with zero attached hydrogens (tertiary/aromatic N) is 2. The van der Waals surface area contributed by atoms with Gasteiger partial charge in [0.2, 0.25) is 15.9 Å². The fourth-order valence-electron chi connectivity index (χ4n) is 2.72. The van der Waals surface area contributed by atoms with Crippen LogP contribution in [0.3, 0.4) is 0 Å². The maximum atomic E-state index is 12.7. The number of rotatable bonds is 10. The number of hydrogen-bond donors (Lipinski definition) is 2. The van der Waals surface area contributed by atoms with Gasteiger partial charge >= 0.3 is 6.09 Å². The third-order valence-corrected chi connectivity index (χ3v) is 6.28. The molecule has 160 valence electrons. The molecular formula is C21H25N3O5S. The predicted molar refractivity (Wildman–Crippen MR) is 115 cm³/mol. The molecule has 0 heterocycles. The van der Waals surface area contributed by atoms with Crippen molar-refractivity contribution in [3.05, 3.63) is 72.8 Å². The normalized spacial score (nSPS) is 11.1. The van der Waals surface area contributed by atoms with E-state index in [2.05, 4.69) is 11.9 Å². The minimum Gasteiger partial charge on any atom is -0.465 e. The predicted octanol–water partition coefficient (Wildman–Crippen LogP) is 2.68. The van der Waals surface area contributed by atoms with Crippen molar-refractivity contribution in [2.45, 2.75) is 17.9 Å². The number of benzene rings is 2. The first-order chi connectivity index (χ1) is 14.3. The van der Waals surface area contributed by atoms with Crippen LogP contribution in [0.5, 0.6) is 0 Å². The van der Waals surface area contributed by atoms with Crippen LogP contribution in [0, 0.1) is 0 Å². The van der Waals surface area contributed by atoms with Crippen molar-refractivity contribution in [3.63, 3.8) is 0 Å². The standard InChI is InChI=1S/C21H25N3O5S/c1-3-20(25)22-14-7-15-23(2)30(28,29)19-12-10-18(11-13-19)24(21(26)27)16-17-8-5-4-6-9-17/h3-6,8-13H,1,7,14-16H2,2H3,(H,22,25)(H,26,27). The molecule has 9 heteroatoms. The lowest BCUT2D eigenvalue weighted by atomic mass is 10.2. The van der Waals surface area contributed by atoms with Gasteiger partial charge in [0.25, 0.3) is 0 Å². The molecule has 0 unspecified atom stereocenters. The van der Waals surface area contributed by atoms with Crippen LogP contribution >= 0.6 is 0 Å². The van der Waals surface area contributed by atoms with Crippen LogP contribution in [0.15, 0.2) is 72.1 Å². The Morgan fingerprint density at radius 2 is 1.73 bits per heavy atom. The van der Waals surface area contributed by atoms with Crippen molar-refractivity contribution in [3.8, 4) is 0 Å². The molecule has 0 saturated carbocycles. The van der Waals surface area contributed by atoms with E-state index < -0.39 is 16.1 Å². The minimum absolute atomic E-state index is 0.0638. The molecule has 2 aromatic carbocycles. The Morgan fingerprint density at radius 1 is 1.10 bits per heavy atom. The van der Waals surface area contributed by atoms with Gasteiger partial charge in [-0.15, -0.1) is 0 Å². The van der Waals surface area contributed by atoms with Crippen molar-refractivity contribution in [1.82, 2.24) is 9.62 Å². The molecule has 8 nitrogen and oxygen atoms in total. The topological polar surface area (TPSA) is 107 Å². The summed E-state index contributed by atoms with van der Waals surface area (Å²) in [5.41, 5.74) is 1.19. The maximum absolute atomic E-state index is 12.7. The van der Waals surface area contributed by atoms with Crippen molar-refractivity contribution in [2.75, 3.05) is 25.0 Å². The average Bonchev–Trinajstić information content (AvgIpc) is 2.75. The summed E-state index contributed by atoms with van der Waals surface area (Å²) >= 11 is 0. The SMILES string of the molecule is C=CC(=O)NCCCN(C)S(=O)(=O)c1ccc(N(Cc2ccccc2)C(=O)O)cc1. The summed E-state index contributed by atoms with van der Waals surface area (Å²) < 4.78 is 26.6. The summed E-state index contributed by atoms with van der Waals surface area (Å²) in [4.78, 5) is 24.0. The Balaban J connectivity index is 2.07. The molecule has 0 aliphatic carbocycles. The van der Waals surface area contributed by atoms with Gasteiger partial charge in [-0.25, -0.2) is 17.5 Å². The summed E-state index contributed by atoms with van der Waals surface area (Å²) in [6.45, 7) is 4.05. The van der Waals surface area contributed by atoms with E-state index in [0.29, 0.717) is 18.7 Å². The van der Waals surface area contributed by atoms with Gasteiger partial charge in [-0.3, -0.25) is 9.69 Å². The van der Waals surface area contributed by atoms with Gasteiger partial charge in [-0.05, 0) is 42.3 Å². The molecule has 0 bridgehead atoms. The summed E-state index contributed by atoms with van der Waals surface area (Å²) in [5.74, 6) is -0.311. The number of carbonyl (C=O) groups excluding carboxylic acids is 1. The van der Waals surface area contributed by atoms with E-state index in [1.54, 1.807) is 0 Å². The third-order valence-electron chi connectivity index (χ3n) is 4.41. The van der Waals surface area contributed by atoms with E-state index in [0.717, 1.165) is 16.5 Å². The van der Waals surface area contributed by atoms with Crippen LogP contribution in [0.2, 0.25) is 0 Å². The molecule has 0 aliphatic rings. The van der Waals surface area contributed by atoms with Crippen molar-refractivity contribution >= 4 is 27.7 Å². The van der Waals surface area contributed by atoms with Gasteiger partial charge in [0.1, 0.15) is 0 Å². The van der Waals surface area contributed by atoms with Crippen molar-refractivity contribution < 1.29 is 23.1 Å². The summed E-state index contributed by atoms with van der Waals surface area (Å²) in [7, 11) is -2.28. The van der Waals surface area contributed by atoms with Gasteiger partial charge in [0.05, 0.1) is 11.4 Å². The fourth-order valence-corrected chi connectivity index (χ4v) is 3.93. The fraction of sp³-hybridized carbons (Fsp3) is 0.238. The molecule has 2 rings (SSSR count). The molecule has 2 aromatic rings. The molecule has 0 spiro atoms. The zero-order chi connectivity index (χ0) is 22.1. The number of nitrogens with one attached hydrogen (secondary N) is 1. The van der Waals surface area contributed by atoms with Gasteiger partial charge in [-0.2, -0.15) is 0 Å². The lowest BCUT2D eigenvalue weighted by molar-refractivity contribution is -0.116. The molecule has 0 aliphatic heterocycles. The second-order valence-electron chi connectivity index (χ2n) is 6.52. The molecule has 0 radical (unpaired) electrons. The number of carbonyl (C=O) groups is 2. The first-order valence-electron chi connectivity index (χ1n) is 9.26. The van der Waals surface area contributed by atoms with E-state index in [1.807, 2.05) is 30.3 Å².